The molecule has 0 saturated heterocycles. The van der Waals surface area contributed by atoms with Crippen LogP contribution in [0, 0.1) is 14.9 Å². The lowest BCUT2D eigenvalue weighted by atomic mass is 10.0. The van der Waals surface area contributed by atoms with Crippen LogP contribution in [0.25, 0.3) is 0 Å². The third kappa shape index (κ3) is 4.12. The summed E-state index contributed by atoms with van der Waals surface area (Å²) in [6, 6.07) is 18.3. The van der Waals surface area contributed by atoms with Crippen LogP contribution in [-0.2, 0) is 19.5 Å². The van der Waals surface area contributed by atoms with Crippen LogP contribution in [-0.4, -0.2) is 17.9 Å². The molecule has 1 atom stereocenters. The average Bonchev–Trinajstić information content (AvgIpc) is 3.06. The Morgan fingerprint density at radius 3 is 2.86 bits per heavy atom. The minimum absolute atomic E-state index is 0.197. The van der Waals surface area contributed by atoms with Crippen molar-refractivity contribution in [3.05, 3.63) is 79.2 Å². The number of nitriles is 1. The lowest BCUT2D eigenvalue weighted by molar-refractivity contribution is -0.929. The van der Waals surface area contributed by atoms with E-state index in [-0.39, 0.29) is 5.75 Å². The van der Waals surface area contributed by atoms with Gasteiger partial charge in [-0.2, -0.15) is 5.26 Å². The summed E-state index contributed by atoms with van der Waals surface area (Å²) >= 11 is 3.81. The maximum atomic E-state index is 10.0. The molecule has 1 aliphatic rings. The fourth-order valence-corrected chi connectivity index (χ4v) is 5.25. The van der Waals surface area contributed by atoms with Crippen LogP contribution in [0.2, 0.25) is 0 Å². The number of halogens is 1. The van der Waals surface area contributed by atoms with Gasteiger partial charge in [-0.15, -0.1) is 11.3 Å². The van der Waals surface area contributed by atoms with Crippen LogP contribution in [0.1, 0.15) is 27.1 Å². The second kappa shape index (κ2) is 8.43. The summed E-state index contributed by atoms with van der Waals surface area (Å²) in [7, 11) is 0. The molecule has 0 radical (unpaired) electrons. The van der Waals surface area contributed by atoms with E-state index in [4.69, 9.17) is 0 Å². The molecule has 0 spiro atoms. The highest BCUT2D eigenvalue weighted by molar-refractivity contribution is 14.1. The van der Waals surface area contributed by atoms with Crippen LogP contribution in [0.5, 0.6) is 5.75 Å². The Balaban J connectivity index is 1.57. The standard InChI is InChI=1S/C22H18IN3OS/c23-17-6-7-20(27)16(10-17)12-25-22-19(11-24)18-8-9-26(14-21(18)28-22)13-15-4-2-1-3-5-15/h1-7,10,12,27H,8-9,13-14H2/p+1/b25-12+. The lowest BCUT2D eigenvalue weighted by Gasteiger charge is -2.23. The van der Waals surface area contributed by atoms with E-state index in [1.165, 1.54) is 15.3 Å². The van der Waals surface area contributed by atoms with E-state index in [1.807, 2.05) is 18.2 Å². The van der Waals surface area contributed by atoms with Gasteiger partial charge in [0.15, 0.2) is 0 Å². The summed E-state index contributed by atoms with van der Waals surface area (Å²) in [5.74, 6) is 0.197. The number of phenols is 1. The monoisotopic (exact) mass is 500 g/mol. The number of hydrogen-bond donors (Lipinski definition) is 2. The highest BCUT2D eigenvalue weighted by Crippen LogP contribution is 2.36. The summed E-state index contributed by atoms with van der Waals surface area (Å²) in [4.78, 5) is 7.33. The van der Waals surface area contributed by atoms with Crippen molar-refractivity contribution in [3.8, 4) is 11.8 Å². The van der Waals surface area contributed by atoms with Gasteiger partial charge < -0.3 is 10.0 Å². The Hall–Kier alpha value is -2.21. The SMILES string of the molecule is N#Cc1c(/N=C/c2cc(I)ccc2O)sc2c1CC[NH+](Cc1ccccc1)C2. The quantitative estimate of drug-likeness (QED) is 0.423. The predicted molar refractivity (Wildman–Crippen MR) is 120 cm³/mol. The molecule has 2 heterocycles. The molecule has 28 heavy (non-hydrogen) atoms. The third-order valence-electron chi connectivity index (χ3n) is 4.93. The number of aliphatic imine (C=N–C) groups is 1. The Bertz CT molecular complexity index is 1070. The molecule has 2 aromatic carbocycles. The fourth-order valence-electron chi connectivity index (χ4n) is 3.52. The highest BCUT2D eigenvalue weighted by Gasteiger charge is 2.26. The van der Waals surface area contributed by atoms with Crippen molar-refractivity contribution in [2.75, 3.05) is 6.54 Å². The Labute approximate surface area is 181 Å². The van der Waals surface area contributed by atoms with Crippen molar-refractivity contribution in [1.82, 2.24) is 0 Å². The molecular formula is C22H19IN3OS+. The minimum Gasteiger partial charge on any atom is -0.507 e. The lowest BCUT2D eigenvalue weighted by Crippen LogP contribution is -3.10. The second-order valence-electron chi connectivity index (χ2n) is 6.85. The molecule has 1 aliphatic heterocycles. The van der Waals surface area contributed by atoms with E-state index in [2.05, 4.69) is 57.9 Å². The highest BCUT2D eigenvalue weighted by atomic mass is 127. The molecule has 6 heteroatoms. The van der Waals surface area contributed by atoms with Crippen LogP contribution in [0.3, 0.4) is 0 Å². The zero-order chi connectivity index (χ0) is 19.5. The van der Waals surface area contributed by atoms with Crippen molar-refractivity contribution in [2.45, 2.75) is 19.5 Å². The average molecular weight is 500 g/mol. The van der Waals surface area contributed by atoms with Gasteiger partial charge in [-0.05, 0) is 46.4 Å². The largest absolute Gasteiger partial charge is 0.507 e. The van der Waals surface area contributed by atoms with Gasteiger partial charge in [-0.25, -0.2) is 4.99 Å². The number of hydrogen-bond acceptors (Lipinski definition) is 4. The normalized spacial score (nSPS) is 16.1. The molecule has 140 valence electrons. The molecule has 0 saturated carbocycles. The van der Waals surface area contributed by atoms with Gasteiger partial charge in [0.05, 0.1) is 17.0 Å². The summed E-state index contributed by atoms with van der Waals surface area (Å²) < 4.78 is 1.03. The smallest absolute Gasteiger partial charge is 0.134 e. The van der Waals surface area contributed by atoms with Crippen LogP contribution in [0.15, 0.2) is 53.5 Å². The topological polar surface area (TPSA) is 60.8 Å². The van der Waals surface area contributed by atoms with Gasteiger partial charge in [0.2, 0.25) is 0 Å². The van der Waals surface area contributed by atoms with Crippen molar-refractivity contribution < 1.29 is 10.0 Å². The van der Waals surface area contributed by atoms with Crippen LogP contribution < -0.4 is 4.90 Å². The number of benzene rings is 2. The Morgan fingerprint density at radius 2 is 2.07 bits per heavy atom. The van der Waals surface area contributed by atoms with Gasteiger partial charge >= 0.3 is 0 Å². The van der Waals surface area contributed by atoms with E-state index >= 15 is 0 Å². The first kappa shape index (κ1) is 19.1. The molecule has 4 nitrogen and oxygen atoms in total. The summed E-state index contributed by atoms with van der Waals surface area (Å²) in [6.07, 6.45) is 2.56. The van der Waals surface area contributed by atoms with E-state index in [0.29, 0.717) is 11.1 Å². The number of phenolic OH excluding ortho intramolecular Hbond substituents is 1. The molecule has 3 aromatic rings. The number of aromatic hydroxyl groups is 1. The van der Waals surface area contributed by atoms with Gasteiger partial charge in [0.25, 0.3) is 0 Å². The van der Waals surface area contributed by atoms with Crippen LogP contribution in [0.4, 0.5) is 5.00 Å². The molecule has 0 bridgehead atoms. The first-order chi connectivity index (χ1) is 13.6. The van der Waals surface area contributed by atoms with Gasteiger partial charge in [0, 0.05) is 27.3 Å². The van der Waals surface area contributed by atoms with Gasteiger partial charge in [-0.3, -0.25) is 0 Å². The van der Waals surface area contributed by atoms with E-state index < -0.39 is 0 Å². The zero-order valence-corrected chi connectivity index (χ0v) is 18.1. The third-order valence-corrected chi connectivity index (χ3v) is 6.74. The number of nitrogens with zero attached hydrogens (tertiary/aromatic N) is 2. The number of quaternary nitrogens is 1. The molecular weight excluding hydrogens is 481 g/mol. The zero-order valence-electron chi connectivity index (χ0n) is 15.2. The van der Waals surface area contributed by atoms with Crippen LogP contribution >= 0.6 is 33.9 Å². The molecule has 1 aromatic heterocycles. The van der Waals surface area contributed by atoms with Gasteiger partial charge in [0.1, 0.15) is 29.9 Å². The first-order valence-corrected chi connectivity index (χ1v) is 11.0. The Kier molecular flexibility index (Phi) is 5.76. The number of thiophene rings is 1. The summed E-state index contributed by atoms with van der Waals surface area (Å²) in [5.41, 5.74) is 3.85. The summed E-state index contributed by atoms with van der Waals surface area (Å²) in [6.45, 7) is 2.94. The van der Waals surface area contributed by atoms with Crippen molar-refractivity contribution in [2.24, 2.45) is 4.99 Å². The van der Waals surface area contributed by atoms with E-state index in [9.17, 15) is 10.4 Å². The molecule has 2 N–H and O–H groups in total. The van der Waals surface area contributed by atoms with Crippen molar-refractivity contribution >= 4 is 45.1 Å². The molecule has 0 amide bonds. The number of nitrogens with one attached hydrogen (secondary N) is 1. The van der Waals surface area contributed by atoms with Gasteiger partial charge in [-0.1, -0.05) is 30.3 Å². The molecule has 0 fully saturated rings. The molecule has 0 aliphatic carbocycles. The molecule has 4 rings (SSSR count). The predicted octanol–water partition coefficient (Wildman–Crippen LogP) is 3.82. The maximum absolute atomic E-state index is 10.0. The summed E-state index contributed by atoms with van der Waals surface area (Å²) in [5, 5.41) is 20.4. The Morgan fingerprint density at radius 1 is 1.25 bits per heavy atom. The van der Waals surface area contributed by atoms with E-state index in [1.54, 1.807) is 23.6 Å². The molecule has 1 unspecified atom stereocenters. The fraction of sp³-hybridized carbons (Fsp3) is 0.182. The van der Waals surface area contributed by atoms with Crippen molar-refractivity contribution in [3.63, 3.8) is 0 Å². The van der Waals surface area contributed by atoms with Crippen molar-refractivity contribution in [1.29, 1.82) is 5.26 Å². The first-order valence-electron chi connectivity index (χ1n) is 9.08. The van der Waals surface area contributed by atoms with E-state index in [0.717, 1.165) is 40.2 Å². The second-order valence-corrected chi connectivity index (χ2v) is 9.18. The minimum atomic E-state index is 0.197. The number of fused-ring (bicyclic) bond motifs is 1. The number of rotatable bonds is 4. The maximum Gasteiger partial charge on any atom is 0.134 e.